The number of benzene rings is 1. The molecule has 1 aliphatic heterocycles. The molecule has 130 valence electrons. The van der Waals surface area contributed by atoms with Crippen molar-refractivity contribution in [2.24, 2.45) is 0 Å². The molecule has 1 fully saturated rings. The van der Waals surface area contributed by atoms with Gasteiger partial charge in [0.1, 0.15) is 5.75 Å². The first-order chi connectivity index (χ1) is 11.7. The number of aromatic amines is 1. The van der Waals surface area contributed by atoms with Crippen molar-refractivity contribution in [3.63, 3.8) is 0 Å². The number of hydrogen-bond donors (Lipinski definition) is 2. The molecule has 3 rings (SSSR count). The van der Waals surface area contributed by atoms with Gasteiger partial charge in [0.25, 0.3) is 0 Å². The summed E-state index contributed by atoms with van der Waals surface area (Å²) >= 11 is 0. The first-order valence-electron chi connectivity index (χ1n) is 8.39. The molecule has 2 heterocycles. The maximum absolute atomic E-state index is 12.3. The second-order valence-electron chi connectivity index (χ2n) is 6.12. The molecular formula is C18H25N3O3. The number of carbonyl (C=O) groups is 1. The molecule has 0 saturated carbocycles. The Labute approximate surface area is 142 Å². The third-order valence-corrected chi connectivity index (χ3v) is 4.52. The standard InChI is InChI=1S/C18H25N3O3/c1-13-15(16-11-14(23-2)3-4-17(16)20-13)12-18(22)19-5-6-21-7-9-24-10-8-21/h3-4,11,20H,5-10,12H2,1-2H3,(H,19,22). The Bertz CT molecular complexity index is 705. The van der Waals surface area contributed by atoms with Crippen molar-refractivity contribution in [2.75, 3.05) is 46.5 Å². The van der Waals surface area contributed by atoms with E-state index in [1.165, 1.54) is 0 Å². The summed E-state index contributed by atoms with van der Waals surface area (Å²) in [6.07, 6.45) is 0.377. The predicted octanol–water partition coefficient (Wildman–Crippen LogP) is 1.48. The minimum atomic E-state index is 0.0510. The van der Waals surface area contributed by atoms with Crippen LogP contribution in [0.25, 0.3) is 10.9 Å². The zero-order valence-corrected chi connectivity index (χ0v) is 14.4. The second-order valence-corrected chi connectivity index (χ2v) is 6.12. The Morgan fingerprint density at radius 2 is 2.17 bits per heavy atom. The first-order valence-corrected chi connectivity index (χ1v) is 8.39. The lowest BCUT2D eigenvalue weighted by molar-refractivity contribution is -0.120. The minimum absolute atomic E-state index is 0.0510. The number of aryl methyl sites for hydroxylation is 1. The van der Waals surface area contributed by atoms with Crippen molar-refractivity contribution in [1.29, 1.82) is 0 Å². The van der Waals surface area contributed by atoms with Gasteiger partial charge in [0.05, 0.1) is 26.7 Å². The van der Waals surface area contributed by atoms with Crippen molar-refractivity contribution in [3.05, 3.63) is 29.5 Å². The number of methoxy groups -OCH3 is 1. The maximum atomic E-state index is 12.3. The molecule has 24 heavy (non-hydrogen) atoms. The molecule has 2 aromatic rings. The molecule has 0 bridgehead atoms. The third-order valence-electron chi connectivity index (χ3n) is 4.52. The number of aromatic nitrogens is 1. The van der Waals surface area contributed by atoms with Crippen LogP contribution in [0.3, 0.4) is 0 Å². The fourth-order valence-electron chi connectivity index (χ4n) is 3.12. The summed E-state index contributed by atoms with van der Waals surface area (Å²) in [5, 5.41) is 4.07. The summed E-state index contributed by atoms with van der Waals surface area (Å²) in [5.41, 5.74) is 3.10. The Morgan fingerprint density at radius 3 is 2.92 bits per heavy atom. The van der Waals surface area contributed by atoms with Crippen LogP contribution in [-0.4, -0.2) is 62.3 Å². The molecule has 1 aromatic heterocycles. The van der Waals surface area contributed by atoms with Crippen LogP contribution in [0.1, 0.15) is 11.3 Å². The third kappa shape index (κ3) is 3.88. The fourth-order valence-corrected chi connectivity index (χ4v) is 3.12. The second kappa shape index (κ2) is 7.68. The largest absolute Gasteiger partial charge is 0.497 e. The van der Waals surface area contributed by atoms with Crippen LogP contribution in [-0.2, 0) is 16.0 Å². The Morgan fingerprint density at radius 1 is 1.38 bits per heavy atom. The summed E-state index contributed by atoms with van der Waals surface area (Å²) in [6, 6.07) is 5.89. The van der Waals surface area contributed by atoms with Crippen molar-refractivity contribution >= 4 is 16.8 Å². The van der Waals surface area contributed by atoms with Crippen LogP contribution in [0, 0.1) is 6.92 Å². The summed E-state index contributed by atoms with van der Waals surface area (Å²) in [5.74, 6) is 0.852. The number of nitrogens with one attached hydrogen (secondary N) is 2. The monoisotopic (exact) mass is 331 g/mol. The minimum Gasteiger partial charge on any atom is -0.497 e. The molecule has 1 aromatic carbocycles. The van der Waals surface area contributed by atoms with Crippen LogP contribution in [0.5, 0.6) is 5.75 Å². The van der Waals surface area contributed by atoms with Gasteiger partial charge in [0.2, 0.25) is 5.91 Å². The highest BCUT2D eigenvalue weighted by Crippen LogP contribution is 2.26. The lowest BCUT2D eigenvalue weighted by Crippen LogP contribution is -2.41. The van der Waals surface area contributed by atoms with E-state index in [-0.39, 0.29) is 5.91 Å². The summed E-state index contributed by atoms with van der Waals surface area (Å²) in [4.78, 5) is 17.9. The van der Waals surface area contributed by atoms with Gasteiger partial charge in [-0.15, -0.1) is 0 Å². The maximum Gasteiger partial charge on any atom is 0.224 e. The van der Waals surface area contributed by atoms with Crippen LogP contribution >= 0.6 is 0 Å². The summed E-state index contributed by atoms with van der Waals surface area (Å²) in [6.45, 7) is 6.99. The number of morpholine rings is 1. The van der Waals surface area contributed by atoms with Gasteiger partial charge in [-0.05, 0) is 30.7 Å². The quantitative estimate of drug-likeness (QED) is 0.841. The molecule has 0 radical (unpaired) electrons. The topological polar surface area (TPSA) is 66.6 Å². The van der Waals surface area contributed by atoms with Crippen molar-refractivity contribution < 1.29 is 14.3 Å². The average Bonchev–Trinajstić information content (AvgIpc) is 2.90. The van der Waals surface area contributed by atoms with E-state index in [1.54, 1.807) is 7.11 Å². The van der Waals surface area contributed by atoms with E-state index in [1.807, 2.05) is 25.1 Å². The van der Waals surface area contributed by atoms with Gasteiger partial charge in [-0.2, -0.15) is 0 Å². The van der Waals surface area contributed by atoms with E-state index in [9.17, 15) is 4.79 Å². The van der Waals surface area contributed by atoms with Gasteiger partial charge in [0.15, 0.2) is 0 Å². The van der Waals surface area contributed by atoms with E-state index in [4.69, 9.17) is 9.47 Å². The van der Waals surface area contributed by atoms with E-state index < -0.39 is 0 Å². The zero-order valence-electron chi connectivity index (χ0n) is 14.4. The number of nitrogens with zero attached hydrogens (tertiary/aromatic N) is 1. The van der Waals surface area contributed by atoms with Gasteiger partial charge in [0, 0.05) is 42.8 Å². The number of H-pyrrole nitrogens is 1. The number of fused-ring (bicyclic) bond motifs is 1. The molecule has 2 N–H and O–H groups in total. The summed E-state index contributed by atoms with van der Waals surface area (Å²) in [7, 11) is 1.65. The molecule has 0 spiro atoms. The van der Waals surface area contributed by atoms with Gasteiger partial charge in [-0.1, -0.05) is 0 Å². The molecule has 1 amide bonds. The van der Waals surface area contributed by atoms with Crippen molar-refractivity contribution in [1.82, 2.24) is 15.2 Å². The molecule has 0 unspecified atom stereocenters. The predicted molar refractivity (Wildman–Crippen MR) is 93.6 cm³/mol. The van der Waals surface area contributed by atoms with E-state index >= 15 is 0 Å². The van der Waals surface area contributed by atoms with Crippen LogP contribution < -0.4 is 10.1 Å². The van der Waals surface area contributed by atoms with Crippen LogP contribution in [0.4, 0.5) is 0 Å². The van der Waals surface area contributed by atoms with E-state index in [0.29, 0.717) is 13.0 Å². The van der Waals surface area contributed by atoms with Gasteiger partial charge in [-0.3, -0.25) is 9.69 Å². The molecule has 0 atom stereocenters. The lowest BCUT2D eigenvalue weighted by atomic mass is 10.1. The first kappa shape index (κ1) is 16.8. The smallest absolute Gasteiger partial charge is 0.224 e. The number of ether oxygens (including phenoxy) is 2. The van der Waals surface area contributed by atoms with Gasteiger partial charge < -0.3 is 19.8 Å². The van der Waals surface area contributed by atoms with Crippen molar-refractivity contribution in [2.45, 2.75) is 13.3 Å². The Hall–Kier alpha value is -2.05. The fraction of sp³-hybridized carbons (Fsp3) is 0.500. The van der Waals surface area contributed by atoms with Crippen LogP contribution in [0.2, 0.25) is 0 Å². The van der Waals surface area contributed by atoms with Crippen LogP contribution in [0.15, 0.2) is 18.2 Å². The zero-order chi connectivity index (χ0) is 16.9. The Balaban J connectivity index is 1.59. The number of carbonyl (C=O) groups excluding carboxylic acids is 1. The normalized spacial score (nSPS) is 15.6. The molecule has 6 nitrogen and oxygen atoms in total. The van der Waals surface area contributed by atoms with Crippen molar-refractivity contribution in [3.8, 4) is 5.75 Å². The summed E-state index contributed by atoms with van der Waals surface area (Å²) < 4.78 is 10.6. The molecular weight excluding hydrogens is 306 g/mol. The SMILES string of the molecule is COc1ccc2[nH]c(C)c(CC(=O)NCCN3CCOCC3)c2c1. The molecule has 6 heteroatoms. The number of amides is 1. The van der Waals surface area contributed by atoms with E-state index in [0.717, 1.165) is 60.8 Å². The van der Waals surface area contributed by atoms with E-state index in [2.05, 4.69) is 15.2 Å². The van der Waals surface area contributed by atoms with Gasteiger partial charge >= 0.3 is 0 Å². The average molecular weight is 331 g/mol. The number of hydrogen-bond acceptors (Lipinski definition) is 4. The van der Waals surface area contributed by atoms with Gasteiger partial charge in [-0.25, -0.2) is 0 Å². The molecule has 0 aliphatic carbocycles. The highest BCUT2D eigenvalue weighted by molar-refractivity contribution is 5.90. The lowest BCUT2D eigenvalue weighted by Gasteiger charge is -2.26. The highest BCUT2D eigenvalue weighted by Gasteiger charge is 2.14. The Kier molecular flexibility index (Phi) is 5.37. The molecule has 1 saturated heterocycles. The highest BCUT2D eigenvalue weighted by atomic mass is 16.5. The molecule has 1 aliphatic rings. The number of rotatable bonds is 6.